The predicted octanol–water partition coefficient (Wildman–Crippen LogP) is 1.94. The van der Waals surface area contributed by atoms with Crippen molar-refractivity contribution in [2.75, 3.05) is 13.1 Å². The average molecular weight is 383 g/mol. The minimum atomic E-state index is -0.982. The lowest BCUT2D eigenvalue weighted by atomic mass is 10.0. The van der Waals surface area contributed by atoms with Gasteiger partial charge in [0, 0.05) is 6.42 Å². The standard InChI is InChI=1S/C17H17ClF2N4O2/c18-12-6-10(4-5-13(12)20)7-23-17(26)24-14(2-1-3-15(24)21-23)16(25)22-8-11(19)9-22/h4-6,11,14H,1-3,7-9H2/t14-/m0/s1. The molecule has 0 radical (unpaired) electrons. The molecule has 9 heteroatoms. The maximum absolute atomic E-state index is 13.3. The molecule has 1 saturated heterocycles. The number of benzene rings is 1. The molecule has 6 nitrogen and oxygen atoms in total. The number of halogens is 3. The molecule has 2 aromatic rings. The van der Waals surface area contributed by atoms with Crippen molar-refractivity contribution in [1.29, 1.82) is 0 Å². The third-order valence-electron chi connectivity index (χ3n) is 4.88. The molecule has 0 unspecified atom stereocenters. The molecule has 1 aromatic heterocycles. The van der Waals surface area contributed by atoms with E-state index in [-0.39, 0.29) is 30.6 Å². The third kappa shape index (κ3) is 2.92. The summed E-state index contributed by atoms with van der Waals surface area (Å²) in [6.07, 6.45) is 0.891. The van der Waals surface area contributed by atoms with Crippen LogP contribution in [0.5, 0.6) is 0 Å². The zero-order valence-electron chi connectivity index (χ0n) is 13.9. The van der Waals surface area contributed by atoms with Crippen molar-refractivity contribution in [3.05, 3.63) is 50.9 Å². The molecule has 26 heavy (non-hydrogen) atoms. The number of aryl methyl sites for hydroxylation is 1. The summed E-state index contributed by atoms with van der Waals surface area (Å²) < 4.78 is 29.0. The molecule has 0 saturated carbocycles. The molecule has 1 aromatic carbocycles. The number of carbonyl (C=O) groups is 1. The first-order chi connectivity index (χ1) is 12.4. The molecule has 138 valence electrons. The number of nitrogens with zero attached hydrogens (tertiary/aromatic N) is 4. The molecular formula is C17H17ClF2N4O2. The molecule has 1 amide bonds. The first kappa shape index (κ1) is 17.2. The number of hydrogen-bond donors (Lipinski definition) is 0. The lowest BCUT2D eigenvalue weighted by molar-refractivity contribution is -0.142. The summed E-state index contributed by atoms with van der Waals surface area (Å²) in [5.41, 5.74) is 0.246. The molecule has 0 bridgehead atoms. The summed E-state index contributed by atoms with van der Waals surface area (Å²) in [6, 6.07) is 3.59. The van der Waals surface area contributed by atoms with Crippen molar-refractivity contribution < 1.29 is 13.6 Å². The van der Waals surface area contributed by atoms with E-state index < -0.39 is 23.7 Å². The summed E-state index contributed by atoms with van der Waals surface area (Å²) in [4.78, 5) is 26.8. The molecule has 1 fully saturated rings. The van der Waals surface area contributed by atoms with Crippen LogP contribution in [-0.2, 0) is 17.8 Å². The number of amides is 1. The van der Waals surface area contributed by atoms with Crippen molar-refractivity contribution >= 4 is 17.5 Å². The number of aromatic nitrogens is 3. The number of likely N-dealkylation sites (tertiary alicyclic amines) is 1. The van der Waals surface area contributed by atoms with E-state index in [1.165, 1.54) is 32.3 Å². The maximum Gasteiger partial charge on any atom is 0.346 e. The molecular weight excluding hydrogens is 366 g/mol. The predicted molar refractivity (Wildman–Crippen MR) is 90.5 cm³/mol. The van der Waals surface area contributed by atoms with Crippen molar-refractivity contribution in [3.8, 4) is 0 Å². The number of hydrogen-bond acceptors (Lipinski definition) is 3. The number of carbonyl (C=O) groups excluding carboxylic acids is 1. The van der Waals surface area contributed by atoms with Crippen LogP contribution in [0.25, 0.3) is 0 Å². The molecule has 0 aliphatic carbocycles. The molecule has 1 atom stereocenters. The monoisotopic (exact) mass is 382 g/mol. The van der Waals surface area contributed by atoms with Gasteiger partial charge < -0.3 is 4.90 Å². The van der Waals surface area contributed by atoms with Crippen LogP contribution in [0.15, 0.2) is 23.0 Å². The van der Waals surface area contributed by atoms with E-state index in [9.17, 15) is 18.4 Å². The molecule has 2 aliphatic rings. The van der Waals surface area contributed by atoms with E-state index in [2.05, 4.69) is 5.10 Å². The van der Waals surface area contributed by atoms with Crippen molar-refractivity contribution in [3.63, 3.8) is 0 Å². The van der Waals surface area contributed by atoms with Gasteiger partial charge in [0.2, 0.25) is 5.91 Å². The van der Waals surface area contributed by atoms with E-state index in [0.29, 0.717) is 24.2 Å². The van der Waals surface area contributed by atoms with E-state index in [4.69, 9.17) is 11.6 Å². The van der Waals surface area contributed by atoms with Crippen LogP contribution in [0.4, 0.5) is 8.78 Å². The molecule has 0 N–H and O–H groups in total. The number of rotatable bonds is 3. The smallest absolute Gasteiger partial charge is 0.335 e. The van der Waals surface area contributed by atoms with E-state index in [1.807, 2.05) is 0 Å². The largest absolute Gasteiger partial charge is 0.346 e. The summed E-state index contributed by atoms with van der Waals surface area (Å²) in [5.74, 6) is -0.213. The molecule has 2 aliphatic heterocycles. The third-order valence-corrected chi connectivity index (χ3v) is 5.17. The van der Waals surface area contributed by atoms with Gasteiger partial charge in [-0.2, -0.15) is 5.10 Å². The summed E-state index contributed by atoms with van der Waals surface area (Å²) >= 11 is 5.79. The van der Waals surface area contributed by atoms with Crippen molar-refractivity contribution in [2.45, 2.75) is 38.0 Å². The van der Waals surface area contributed by atoms with Crippen molar-refractivity contribution in [2.24, 2.45) is 0 Å². The van der Waals surface area contributed by atoms with Crippen LogP contribution in [0.3, 0.4) is 0 Å². The van der Waals surface area contributed by atoms with Crippen LogP contribution >= 0.6 is 11.6 Å². The Labute approximate surface area is 153 Å². The Morgan fingerprint density at radius 2 is 2.12 bits per heavy atom. The van der Waals surface area contributed by atoms with Gasteiger partial charge in [-0.15, -0.1) is 0 Å². The van der Waals surface area contributed by atoms with E-state index >= 15 is 0 Å². The highest BCUT2D eigenvalue weighted by Gasteiger charge is 2.38. The van der Waals surface area contributed by atoms with Crippen molar-refractivity contribution in [1.82, 2.24) is 19.2 Å². The van der Waals surface area contributed by atoms with Crippen LogP contribution in [-0.4, -0.2) is 44.4 Å². The quantitative estimate of drug-likeness (QED) is 0.815. The highest BCUT2D eigenvalue weighted by atomic mass is 35.5. The Balaban J connectivity index is 1.62. The Morgan fingerprint density at radius 3 is 2.81 bits per heavy atom. The minimum absolute atomic E-state index is 0.0221. The first-order valence-electron chi connectivity index (χ1n) is 8.49. The Bertz CT molecular complexity index is 920. The van der Waals surface area contributed by atoms with Crippen LogP contribution in [0.1, 0.15) is 30.3 Å². The SMILES string of the molecule is O=C([C@@H]1CCCc2nn(Cc3ccc(F)c(Cl)c3)c(=O)n21)N1CC(F)C1. The van der Waals surface area contributed by atoms with Gasteiger partial charge in [0.25, 0.3) is 0 Å². The zero-order chi connectivity index (χ0) is 18.4. The normalized spacial score (nSPS) is 20.0. The molecule has 4 rings (SSSR count). The summed E-state index contributed by atoms with van der Waals surface area (Å²) in [7, 11) is 0. The molecule has 3 heterocycles. The van der Waals surface area contributed by atoms with Gasteiger partial charge in [-0.05, 0) is 30.5 Å². The number of fused-ring (bicyclic) bond motifs is 1. The van der Waals surface area contributed by atoms with Gasteiger partial charge in [0.1, 0.15) is 23.9 Å². The first-order valence-corrected chi connectivity index (χ1v) is 8.87. The van der Waals surface area contributed by atoms with Gasteiger partial charge in [0.15, 0.2) is 0 Å². The Kier molecular flexibility index (Phi) is 4.30. The second-order valence-corrected chi connectivity index (χ2v) is 7.13. The Morgan fingerprint density at radius 1 is 1.35 bits per heavy atom. The topological polar surface area (TPSA) is 60.1 Å². The highest BCUT2D eigenvalue weighted by Crippen LogP contribution is 2.26. The minimum Gasteiger partial charge on any atom is -0.335 e. The van der Waals surface area contributed by atoms with Crippen LogP contribution < -0.4 is 5.69 Å². The Hall–Kier alpha value is -2.22. The van der Waals surface area contributed by atoms with Gasteiger partial charge in [-0.25, -0.2) is 18.3 Å². The van der Waals surface area contributed by atoms with Gasteiger partial charge in [0.05, 0.1) is 24.7 Å². The number of alkyl halides is 1. The lowest BCUT2D eigenvalue weighted by Crippen LogP contribution is -2.54. The highest BCUT2D eigenvalue weighted by molar-refractivity contribution is 6.30. The molecule has 0 spiro atoms. The maximum atomic E-state index is 13.3. The van der Waals surface area contributed by atoms with E-state index in [1.54, 1.807) is 0 Å². The van der Waals surface area contributed by atoms with Gasteiger partial charge in [-0.1, -0.05) is 17.7 Å². The second-order valence-electron chi connectivity index (χ2n) is 6.72. The lowest BCUT2D eigenvalue weighted by Gasteiger charge is -2.37. The van der Waals surface area contributed by atoms with E-state index in [0.717, 1.165) is 6.42 Å². The average Bonchev–Trinajstić information content (AvgIpc) is 2.91. The van der Waals surface area contributed by atoms with Gasteiger partial charge >= 0.3 is 5.69 Å². The fourth-order valence-corrected chi connectivity index (χ4v) is 3.70. The fourth-order valence-electron chi connectivity index (χ4n) is 3.49. The fraction of sp³-hybridized carbons (Fsp3) is 0.471. The summed E-state index contributed by atoms with van der Waals surface area (Å²) in [5, 5.41) is 4.31. The van der Waals surface area contributed by atoms with Gasteiger partial charge in [-0.3, -0.25) is 9.36 Å². The second kappa shape index (κ2) is 6.50. The summed E-state index contributed by atoms with van der Waals surface area (Å²) in [6.45, 7) is 0.305. The zero-order valence-corrected chi connectivity index (χ0v) is 14.6. The van der Waals surface area contributed by atoms with Crippen LogP contribution in [0.2, 0.25) is 5.02 Å². The van der Waals surface area contributed by atoms with Crippen LogP contribution in [0, 0.1) is 5.82 Å².